The lowest BCUT2D eigenvalue weighted by atomic mass is 9.98. The molecule has 7 heteroatoms. The smallest absolute Gasteiger partial charge is 0.312 e. The molecule has 7 nitrogen and oxygen atoms in total. The lowest BCUT2D eigenvalue weighted by Crippen LogP contribution is -2.52. The first-order valence-corrected chi connectivity index (χ1v) is 6.83. The van der Waals surface area contributed by atoms with E-state index in [-0.39, 0.29) is 24.2 Å². The van der Waals surface area contributed by atoms with E-state index in [0.29, 0.717) is 13.0 Å². The van der Waals surface area contributed by atoms with Crippen LogP contribution in [0.25, 0.3) is 0 Å². The molecule has 0 aliphatic carbocycles. The minimum atomic E-state index is -0.851. The molecule has 3 amide bonds. The van der Waals surface area contributed by atoms with Gasteiger partial charge < -0.3 is 21.5 Å². The van der Waals surface area contributed by atoms with Gasteiger partial charge in [-0.05, 0) is 18.3 Å². The van der Waals surface area contributed by atoms with Crippen molar-refractivity contribution in [1.82, 2.24) is 10.6 Å². The van der Waals surface area contributed by atoms with Crippen molar-refractivity contribution in [2.24, 2.45) is 17.6 Å². The number of carbonyl (C=O) groups is 3. The number of nitrogens with one attached hydrogen (secondary N) is 2. The molecule has 0 aliphatic heterocycles. The van der Waals surface area contributed by atoms with Gasteiger partial charge in [0.15, 0.2) is 0 Å². The number of carboxylic acid groups (broad SMARTS) is 1. The van der Waals surface area contributed by atoms with Crippen molar-refractivity contribution in [2.45, 2.75) is 46.1 Å². The Labute approximate surface area is 119 Å². The maximum atomic E-state index is 12.0. The summed E-state index contributed by atoms with van der Waals surface area (Å²) in [7, 11) is 0. The maximum absolute atomic E-state index is 12.0. The Morgan fingerprint density at radius 2 is 1.85 bits per heavy atom. The lowest BCUT2D eigenvalue weighted by Gasteiger charge is -2.23. The van der Waals surface area contributed by atoms with Crippen LogP contribution < -0.4 is 16.4 Å². The second-order valence-electron chi connectivity index (χ2n) is 5.15. The molecular weight excluding hydrogens is 262 g/mol. The Balaban J connectivity index is 4.31. The number of urea groups is 1. The normalized spacial score (nSPS) is 14.9. The summed E-state index contributed by atoms with van der Waals surface area (Å²) in [5.41, 5.74) is 5.07. The van der Waals surface area contributed by atoms with Crippen molar-refractivity contribution in [3.8, 4) is 0 Å². The molecule has 0 aliphatic rings. The van der Waals surface area contributed by atoms with Crippen molar-refractivity contribution in [2.75, 3.05) is 6.54 Å². The molecule has 0 saturated carbocycles. The van der Waals surface area contributed by atoms with Gasteiger partial charge in [-0.2, -0.15) is 0 Å². The third kappa shape index (κ3) is 7.60. The summed E-state index contributed by atoms with van der Waals surface area (Å²) in [6.45, 7) is 6.01. The molecule has 3 unspecified atom stereocenters. The second-order valence-corrected chi connectivity index (χ2v) is 5.15. The molecule has 3 atom stereocenters. The monoisotopic (exact) mass is 287 g/mol. The summed E-state index contributed by atoms with van der Waals surface area (Å²) in [5, 5.41) is 13.7. The first-order chi connectivity index (χ1) is 9.27. The van der Waals surface area contributed by atoms with Gasteiger partial charge in [-0.3, -0.25) is 9.59 Å². The molecule has 0 heterocycles. The molecule has 0 fully saturated rings. The molecule has 0 aromatic rings. The zero-order chi connectivity index (χ0) is 15.7. The lowest BCUT2D eigenvalue weighted by molar-refractivity contribution is -0.137. The molecule has 0 aromatic carbocycles. The van der Waals surface area contributed by atoms with Crippen LogP contribution in [0, 0.1) is 11.8 Å². The van der Waals surface area contributed by atoms with E-state index >= 15 is 0 Å². The standard InChI is InChI=1S/C13H25N3O4/c1-4-9(3)11(16-13(14)20)12(19)15-7-8(2)5-6-10(17)18/h8-9,11H,4-7H2,1-3H3,(H,15,19)(H,17,18)(H3,14,16,20). The molecule has 20 heavy (non-hydrogen) atoms. The van der Waals surface area contributed by atoms with Crippen LogP contribution in [0.5, 0.6) is 0 Å². The second kappa shape index (κ2) is 9.17. The molecular formula is C13H25N3O4. The van der Waals surface area contributed by atoms with Crippen molar-refractivity contribution >= 4 is 17.9 Å². The average molecular weight is 287 g/mol. The van der Waals surface area contributed by atoms with Crippen LogP contribution >= 0.6 is 0 Å². The molecule has 0 saturated heterocycles. The number of nitrogens with two attached hydrogens (primary N) is 1. The van der Waals surface area contributed by atoms with Crippen LogP contribution in [0.3, 0.4) is 0 Å². The van der Waals surface area contributed by atoms with Crippen LogP contribution in [-0.2, 0) is 9.59 Å². The van der Waals surface area contributed by atoms with Crippen LogP contribution in [0.2, 0.25) is 0 Å². The fourth-order valence-electron chi connectivity index (χ4n) is 1.71. The molecule has 0 spiro atoms. The molecule has 0 rings (SSSR count). The van der Waals surface area contributed by atoms with Crippen molar-refractivity contribution in [3.63, 3.8) is 0 Å². The van der Waals surface area contributed by atoms with Crippen LogP contribution in [0.4, 0.5) is 4.79 Å². The van der Waals surface area contributed by atoms with Gasteiger partial charge in [-0.1, -0.05) is 27.2 Å². The number of rotatable bonds is 9. The Bertz CT molecular complexity index is 347. The van der Waals surface area contributed by atoms with E-state index < -0.39 is 18.0 Å². The van der Waals surface area contributed by atoms with Crippen LogP contribution in [0.1, 0.15) is 40.0 Å². The fourth-order valence-corrected chi connectivity index (χ4v) is 1.71. The quantitative estimate of drug-likeness (QED) is 0.498. The first-order valence-electron chi connectivity index (χ1n) is 6.83. The highest BCUT2D eigenvalue weighted by Crippen LogP contribution is 2.09. The van der Waals surface area contributed by atoms with Crippen LogP contribution in [-0.4, -0.2) is 35.6 Å². The third-order valence-corrected chi connectivity index (χ3v) is 3.27. The van der Waals surface area contributed by atoms with Gasteiger partial charge in [-0.25, -0.2) is 4.79 Å². The van der Waals surface area contributed by atoms with E-state index in [0.717, 1.165) is 6.42 Å². The van der Waals surface area contributed by atoms with E-state index in [1.807, 2.05) is 20.8 Å². The van der Waals surface area contributed by atoms with Gasteiger partial charge in [0, 0.05) is 13.0 Å². The van der Waals surface area contributed by atoms with E-state index in [9.17, 15) is 14.4 Å². The summed E-state index contributed by atoms with van der Waals surface area (Å²) in [6, 6.07) is -1.39. The minimum absolute atomic E-state index is 0.0307. The molecule has 0 bridgehead atoms. The van der Waals surface area contributed by atoms with Crippen molar-refractivity contribution in [3.05, 3.63) is 0 Å². The number of hydrogen-bond acceptors (Lipinski definition) is 3. The predicted molar refractivity (Wildman–Crippen MR) is 75.0 cm³/mol. The average Bonchev–Trinajstić information content (AvgIpc) is 2.38. The largest absolute Gasteiger partial charge is 0.481 e. The van der Waals surface area contributed by atoms with Gasteiger partial charge in [0.05, 0.1) is 0 Å². The van der Waals surface area contributed by atoms with Gasteiger partial charge in [0.25, 0.3) is 0 Å². The van der Waals surface area contributed by atoms with E-state index in [4.69, 9.17) is 10.8 Å². The number of carboxylic acids is 1. The first kappa shape index (κ1) is 18.2. The third-order valence-electron chi connectivity index (χ3n) is 3.27. The highest BCUT2D eigenvalue weighted by molar-refractivity contribution is 5.86. The number of carbonyl (C=O) groups excluding carboxylic acids is 2. The zero-order valence-corrected chi connectivity index (χ0v) is 12.3. The number of hydrogen-bond donors (Lipinski definition) is 4. The number of primary amides is 1. The molecule has 0 aromatic heterocycles. The molecule has 5 N–H and O–H groups in total. The number of aliphatic carboxylic acids is 1. The topological polar surface area (TPSA) is 122 Å². The number of amides is 3. The Morgan fingerprint density at radius 3 is 2.30 bits per heavy atom. The van der Waals surface area contributed by atoms with Crippen molar-refractivity contribution < 1.29 is 19.5 Å². The minimum Gasteiger partial charge on any atom is -0.481 e. The van der Waals surface area contributed by atoms with E-state index in [2.05, 4.69) is 10.6 Å². The Kier molecular flexibility index (Phi) is 8.35. The summed E-state index contributed by atoms with van der Waals surface area (Å²) in [5.74, 6) is -1.12. The zero-order valence-electron chi connectivity index (χ0n) is 12.3. The Hall–Kier alpha value is -1.79. The summed E-state index contributed by atoms with van der Waals surface area (Å²) in [6.07, 6.45) is 1.30. The predicted octanol–water partition coefficient (Wildman–Crippen LogP) is 0.687. The highest BCUT2D eigenvalue weighted by Gasteiger charge is 2.25. The SMILES string of the molecule is CCC(C)C(NC(N)=O)C(=O)NCC(C)CCC(=O)O. The van der Waals surface area contributed by atoms with E-state index in [1.54, 1.807) is 0 Å². The van der Waals surface area contributed by atoms with Crippen LogP contribution in [0.15, 0.2) is 0 Å². The maximum Gasteiger partial charge on any atom is 0.312 e. The summed E-state index contributed by atoms with van der Waals surface area (Å²) in [4.78, 5) is 33.4. The molecule has 116 valence electrons. The van der Waals surface area contributed by atoms with Gasteiger partial charge in [0.1, 0.15) is 6.04 Å². The highest BCUT2D eigenvalue weighted by atomic mass is 16.4. The van der Waals surface area contributed by atoms with E-state index in [1.165, 1.54) is 0 Å². The summed E-state index contributed by atoms with van der Waals surface area (Å²) < 4.78 is 0. The van der Waals surface area contributed by atoms with Gasteiger partial charge in [0.2, 0.25) is 5.91 Å². The fraction of sp³-hybridized carbons (Fsp3) is 0.769. The van der Waals surface area contributed by atoms with Gasteiger partial charge >= 0.3 is 12.0 Å². The van der Waals surface area contributed by atoms with Crippen molar-refractivity contribution in [1.29, 1.82) is 0 Å². The Morgan fingerprint density at radius 1 is 1.25 bits per heavy atom. The molecule has 0 radical (unpaired) electrons. The summed E-state index contributed by atoms with van der Waals surface area (Å²) >= 11 is 0. The van der Waals surface area contributed by atoms with Gasteiger partial charge in [-0.15, -0.1) is 0 Å².